The van der Waals surface area contributed by atoms with Crippen LogP contribution in [0.25, 0.3) is 0 Å². The van der Waals surface area contributed by atoms with Crippen molar-refractivity contribution in [3.05, 3.63) is 59.7 Å². The van der Waals surface area contributed by atoms with Crippen molar-refractivity contribution in [3.63, 3.8) is 0 Å². The van der Waals surface area contributed by atoms with Gasteiger partial charge in [-0.25, -0.2) is 0 Å². The Hall–Kier alpha value is -1.94. The van der Waals surface area contributed by atoms with Crippen LogP contribution in [-0.2, 0) is 10.5 Å². The van der Waals surface area contributed by atoms with Crippen LogP contribution in [0.4, 0.5) is 5.69 Å². The van der Waals surface area contributed by atoms with Crippen LogP contribution in [0.1, 0.15) is 18.1 Å². The summed E-state index contributed by atoms with van der Waals surface area (Å²) in [6.45, 7) is 4.57. The summed E-state index contributed by atoms with van der Waals surface area (Å²) in [6, 6.07) is 15.9. The van der Waals surface area contributed by atoms with Gasteiger partial charge in [-0.2, -0.15) is 0 Å². The molecular formula is C18H21NO2S. The summed E-state index contributed by atoms with van der Waals surface area (Å²) in [6.07, 6.45) is 0. The molecule has 0 atom stereocenters. The van der Waals surface area contributed by atoms with E-state index < -0.39 is 0 Å². The number of carbonyl (C=O) groups is 1. The number of thioether (sulfide) groups is 1. The van der Waals surface area contributed by atoms with Crippen molar-refractivity contribution in [2.75, 3.05) is 17.7 Å². The third-order valence-corrected chi connectivity index (χ3v) is 4.09. The monoisotopic (exact) mass is 315 g/mol. The van der Waals surface area contributed by atoms with Gasteiger partial charge in [-0.05, 0) is 31.5 Å². The number of ether oxygens (including phenoxy) is 1. The maximum atomic E-state index is 12.0. The highest BCUT2D eigenvalue weighted by Gasteiger charge is 2.07. The van der Waals surface area contributed by atoms with Crippen LogP contribution in [0.3, 0.4) is 0 Å². The summed E-state index contributed by atoms with van der Waals surface area (Å²) in [5.74, 6) is 1.96. The predicted octanol–water partition coefficient (Wildman–Crippen LogP) is 4.27. The minimum atomic E-state index is -0.00994. The SMILES string of the molecule is CCOc1ccccc1NC(=O)CSCc1ccc(C)cc1. The van der Waals surface area contributed by atoms with Crippen LogP contribution >= 0.6 is 11.8 Å². The third kappa shape index (κ3) is 5.11. The highest BCUT2D eigenvalue weighted by atomic mass is 32.2. The summed E-state index contributed by atoms with van der Waals surface area (Å²) in [7, 11) is 0. The number of aryl methyl sites for hydroxylation is 1. The molecule has 0 bridgehead atoms. The minimum absolute atomic E-state index is 0.00994. The lowest BCUT2D eigenvalue weighted by molar-refractivity contribution is -0.113. The van der Waals surface area contributed by atoms with Crippen molar-refractivity contribution < 1.29 is 9.53 Å². The Morgan fingerprint density at radius 1 is 1.14 bits per heavy atom. The first-order valence-corrected chi connectivity index (χ1v) is 8.49. The van der Waals surface area contributed by atoms with Gasteiger partial charge in [0.15, 0.2) is 0 Å². The molecular weight excluding hydrogens is 294 g/mol. The Morgan fingerprint density at radius 2 is 1.86 bits per heavy atom. The third-order valence-electron chi connectivity index (χ3n) is 3.08. The number of nitrogens with one attached hydrogen (secondary N) is 1. The van der Waals surface area contributed by atoms with Crippen LogP contribution in [0, 0.1) is 6.92 Å². The highest BCUT2D eigenvalue weighted by molar-refractivity contribution is 7.99. The first-order valence-electron chi connectivity index (χ1n) is 7.34. The molecule has 0 radical (unpaired) electrons. The van der Waals surface area contributed by atoms with Crippen molar-refractivity contribution in [2.24, 2.45) is 0 Å². The Morgan fingerprint density at radius 3 is 2.59 bits per heavy atom. The lowest BCUT2D eigenvalue weighted by atomic mass is 10.2. The molecule has 0 unspecified atom stereocenters. The molecule has 22 heavy (non-hydrogen) atoms. The number of benzene rings is 2. The van der Waals surface area contributed by atoms with Crippen molar-refractivity contribution in [1.29, 1.82) is 0 Å². The number of anilines is 1. The molecule has 0 saturated carbocycles. The summed E-state index contributed by atoms with van der Waals surface area (Å²) in [4.78, 5) is 12.0. The second-order valence-corrected chi connectivity index (χ2v) is 5.94. The van der Waals surface area contributed by atoms with Gasteiger partial charge in [0.1, 0.15) is 5.75 Å². The first kappa shape index (κ1) is 16.4. The van der Waals surface area contributed by atoms with E-state index in [1.165, 1.54) is 11.1 Å². The van der Waals surface area contributed by atoms with E-state index >= 15 is 0 Å². The Bertz CT molecular complexity index is 611. The lowest BCUT2D eigenvalue weighted by Gasteiger charge is -2.11. The van der Waals surface area contributed by atoms with Crippen molar-refractivity contribution >= 4 is 23.4 Å². The molecule has 0 heterocycles. The fraction of sp³-hybridized carbons (Fsp3) is 0.278. The van der Waals surface area contributed by atoms with Gasteiger partial charge in [0.25, 0.3) is 0 Å². The number of carbonyl (C=O) groups excluding carboxylic acids is 1. The quantitative estimate of drug-likeness (QED) is 0.829. The fourth-order valence-corrected chi connectivity index (χ4v) is 2.77. The number of hydrogen-bond acceptors (Lipinski definition) is 3. The normalized spacial score (nSPS) is 10.3. The van der Waals surface area contributed by atoms with Gasteiger partial charge in [-0.15, -0.1) is 11.8 Å². The van der Waals surface area contributed by atoms with Crippen LogP contribution in [0.15, 0.2) is 48.5 Å². The van der Waals surface area contributed by atoms with E-state index in [9.17, 15) is 4.79 Å². The van der Waals surface area contributed by atoms with Crippen molar-refractivity contribution in [1.82, 2.24) is 0 Å². The molecule has 0 aliphatic rings. The highest BCUT2D eigenvalue weighted by Crippen LogP contribution is 2.24. The summed E-state index contributed by atoms with van der Waals surface area (Å²) in [5.41, 5.74) is 3.21. The molecule has 0 fully saturated rings. The van der Waals surface area contributed by atoms with Crippen LogP contribution in [0.2, 0.25) is 0 Å². The average Bonchev–Trinajstić information content (AvgIpc) is 2.51. The molecule has 1 N–H and O–H groups in total. The fourth-order valence-electron chi connectivity index (χ4n) is 1.98. The largest absolute Gasteiger partial charge is 0.492 e. The smallest absolute Gasteiger partial charge is 0.234 e. The molecule has 3 nitrogen and oxygen atoms in total. The zero-order chi connectivity index (χ0) is 15.8. The maximum Gasteiger partial charge on any atom is 0.234 e. The second-order valence-electron chi connectivity index (χ2n) is 4.96. The molecule has 116 valence electrons. The number of amides is 1. The molecule has 2 aromatic rings. The van der Waals surface area contributed by atoms with Gasteiger partial charge < -0.3 is 10.1 Å². The van der Waals surface area contributed by atoms with Crippen LogP contribution in [-0.4, -0.2) is 18.3 Å². The molecule has 0 saturated heterocycles. The number of rotatable bonds is 7. The van der Waals surface area contributed by atoms with Gasteiger partial charge in [0.2, 0.25) is 5.91 Å². The van der Waals surface area contributed by atoms with E-state index in [2.05, 4.69) is 36.5 Å². The van der Waals surface area contributed by atoms with E-state index in [1.807, 2.05) is 31.2 Å². The molecule has 2 rings (SSSR count). The van der Waals surface area contributed by atoms with E-state index in [0.29, 0.717) is 18.1 Å². The minimum Gasteiger partial charge on any atom is -0.492 e. The zero-order valence-corrected chi connectivity index (χ0v) is 13.8. The van der Waals surface area contributed by atoms with E-state index in [-0.39, 0.29) is 5.91 Å². The Labute approximate surface area is 136 Å². The van der Waals surface area contributed by atoms with Gasteiger partial charge in [-0.1, -0.05) is 42.0 Å². The van der Waals surface area contributed by atoms with Gasteiger partial charge in [0, 0.05) is 5.75 Å². The van der Waals surface area contributed by atoms with Crippen molar-refractivity contribution in [2.45, 2.75) is 19.6 Å². The molecule has 0 spiro atoms. The predicted molar refractivity (Wildman–Crippen MR) is 93.6 cm³/mol. The molecule has 1 amide bonds. The second kappa shape index (κ2) is 8.49. The van der Waals surface area contributed by atoms with E-state index in [1.54, 1.807) is 11.8 Å². The summed E-state index contributed by atoms with van der Waals surface area (Å²) >= 11 is 1.61. The van der Waals surface area contributed by atoms with E-state index in [4.69, 9.17) is 4.74 Å². The topological polar surface area (TPSA) is 38.3 Å². The lowest BCUT2D eigenvalue weighted by Crippen LogP contribution is -2.15. The molecule has 2 aromatic carbocycles. The standard InChI is InChI=1S/C18H21NO2S/c1-3-21-17-7-5-4-6-16(17)19-18(20)13-22-12-15-10-8-14(2)9-11-15/h4-11H,3,12-13H2,1-2H3,(H,19,20). The molecule has 0 aliphatic heterocycles. The average molecular weight is 315 g/mol. The van der Waals surface area contributed by atoms with Gasteiger partial charge in [-0.3, -0.25) is 4.79 Å². The van der Waals surface area contributed by atoms with Gasteiger partial charge in [0.05, 0.1) is 18.0 Å². The summed E-state index contributed by atoms with van der Waals surface area (Å²) in [5, 5.41) is 2.91. The van der Waals surface area contributed by atoms with Gasteiger partial charge >= 0.3 is 0 Å². The maximum absolute atomic E-state index is 12.0. The van der Waals surface area contributed by atoms with E-state index in [0.717, 1.165) is 11.4 Å². The Balaban J connectivity index is 1.82. The number of para-hydroxylation sites is 2. The van der Waals surface area contributed by atoms with Crippen LogP contribution < -0.4 is 10.1 Å². The number of hydrogen-bond donors (Lipinski definition) is 1. The van der Waals surface area contributed by atoms with Crippen molar-refractivity contribution in [3.8, 4) is 5.75 Å². The Kier molecular flexibility index (Phi) is 6.34. The molecule has 4 heteroatoms. The summed E-state index contributed by atoms with van der Waals surface area (Å²) < 4.78 is 5.50. The molecule has 0 aliphatic carbocycles. The first-order chi connectivity index (χ1) is 10.7. The van der Waals surface area contributed by atoms with Crippen LogP contribution in [0.5, 0.6) is 5.75 Å². The zero-order valence-electron chi connectivity index (χ0n) is 13.0. The molecule has 0 aromatic heterocycles.